The van der Waals surface area contributed by atoms with Gasteiger partial charge in [-0.25, -0.2) is 0 Å². The van der Waals surface area contributed by atoms with E-state index in [4.69, 9.17) is 14.2 Å². The highest BCUT2D eigenvalue weighted by Crippen LogP contribution is 2.56. The molecule has 1 N–H and O–H groups in total. The lowest BCUT2D eigenvalue weighted by molar-refractivity contribution is 0.312. The smallest absolute Gasteiger partial charge is 0.207 e. The lowest BCUT2D eigenvalue weighted by Crippen LogP contribution is -2.33. The molecule has 0 aliphatic rings. The van der Waals surface area contributed by atoms with Crippen molar-refractivity contribution in [2.45, 2.75) is 19.8 Å². The molecule has 0 radical (unpaired) electrons. The number of ether oxygens (including phenoxy) is 3. The minimum Gasteiger partial charge on any atom is -0.502 e. The average molecular weight is 502 g/mol. The molecule has 0 aliphatic carbocycles. The van der Waals surface area contributed by atoms with Gasteiger partial charge in [-0.1, -0.05) is 54.6 Å². The third-order valence-electron chi connectivity index (χ3n) is 6.83. The monoisotopic (exact) mass is 501 g/mol. The van der Waals surface area contributed by atoms with Crippen LogP contribution in [0.5, 0.6) is 23.0 Å². The van der Waals surface area contributed by atoms with Crippen molar-refractivity contribution in [1.29, 1.82) is 0 Å². The van der Waals surface area contributed by atoms with E-state index in [9.17, 15) is 5.11 Å². The first kappa shape index (κ1) is 25.6. The van der Waals surface area contributed by atoms with Gasteiger partial charge in [0.1, 0.15) is 23.2 Å². The molecule has 0 atom stereocenters. The third kappa shape index (κ3) is 4.66. The molecular formula is C31H34O4P+. The van der Waals surface area contributed by atoms with Gasteiger partial charge in [0.25, 0.3) is 0 Å². The quantitative estimate of drug-likeness (QED) is 0.285. The van der Waals surface area contributed by atoms with Crippen molar-refractivity contribution < 1.29 is 19.3 Å². The Morgan fingerprint density at radius 3 is 1.42 bits per heavy atom. The van der Waals surface area contributed by atoms with Gasteiger partial charge in [0, 0.05) is 11.1 Å². The number of aromatic hydroxyl groups is 1. The summed E-state index contributed by atoms with van der Waals surface area (Å²) >= 11 is 0. The minimum absolute atomic E-state index is 0.0207. The van der Waals surface area contributed by atoms with Crippen molar-refractivity contribution in [3.63, 3.8) is 0 Å². The molecule has 4 aromatic carbocycles. The molecule has 0 aromatic heterocycles. The molecule has 0 bridgehead atoms. The van der Waals surface area contributed by atoms with Crippen LogP contribution in [0.4, 0.5) is 0 Å². The standard InChI is InChI=1S/C31H33O4P/c1-23-27(30(34-3)28(32)31(35-4)29(23)33-2)21-14-22-36(24-15-8-5-9-16-24,25-17-10-6-11-18-25)26-19-12-7-13-20-26/h5-13,15-20H,14,21-22H2,1-4H3/p+1. The summed E-state index contributed by atoms with van der Waals surface area (Å²) in [6.45, 7) is 1.99. The van der Waals surface area contributed by atoms with E-state index >= 15 is 0 Å². The van der Waals surface area contributed by atoms with Gasteiger partial charge in [-0.2, -0.15) is 0 Å². The fourth-order valence-corrected chi connectivity index (χ4v) is 9.51. The van der Waals surface area contributed by atoms with E-state index in [1.165, 1.54) is 23.0 Å². The maximum Gasteiger partial charge on any atom is 0.207 e. The van der Waals surface area contributed by atoms with E-state index in [1.54, 1.807) is 14.2 Å². The third-order valence-corrected chi connectivity index (χ3v) is 11.4. The second-order valence-electron chi connectivity index (χ2n) is 8.70. The molecule has 0 fully saturated rings. The van der Waals surface area contributed by atoms with Crippen molar-refractivity contribution in [3.05, 3.63) is 102 Å². The highest BCUT2D eigenvalue weighted by Gasteiger charge is 2.44. The highest BCUT2D eigenvalue weighted by molar-refractivity contribution is 7.95. The number of hydrogen-bond donors (Lipinski definition) is 1. The summed E-state index contributed by atoms with van der Waals surface area (Å²) in [7, 11) is 2.77. The Balaban J connectivity index is 1.80. The van der Waals surface area contributed by atoms with Crippen LogP contribution in [0.25, 0.3) is 0 Å². The predicted molar refractivity (Wildman–Crippen MR) is 151 cm³/mol. The first-order chi connectivity index (χ1) is 17.6. The molecule has 36 heavy (non-hydrogen) atoms. The van der Waals surface area contributed by atoms with Crippen LogP contribution in [-0.4, -0.2) is 32.6 Å². The number of phenols is 1. The Morgan fingerprint density at radius 1 is 0.611 bits per heavy atom. The van der Waals surface area contributed by atoms with Gasteiger partial charge in [0.05, 0.1) is 27.5 Å². The highest BCUT2D eigenvalue weighted by atomic mass is 31.2. The summed E-state index contributed by atoms with van der Waals surface area (Å²) in [5, 5.41) is 15.0. The Hall–Kier alpha value is -3.49. The lowest BCUT2D eigenvalue weighted by atomic mass is 10.0. The molecule has 4 aromatic rings. The first-order valence-corrected chi connectivity index (χ1v) is 14.1. The normalized spacial score (nSPS) is 11.2. The van der Waals surface area contributed by atoms with Crippen molar-refractivity contribution >= 4 is 23.2 Å². The molecule has 0 amide bonds. The molecular weight excluding hydrogens is 467 g/mol. The lowest BCUT2D eigenvalue weighted by Gasteiger charge is -2.28. The molecule has 0 heterocycles. The molecule has 0 unspecified atom stereocenters. The summed E-state index contributed by atoms with van der Waals surface area (Å²) in [6, 6.07) is 32.6. The topological polar surface area (TPSA) is 47.9 Å². The fraction of sp³-hybridized carbons (Fsp3) is 0.226. The maximum atomic E-state index is 10.9. The summed E-state index contributed by atoms with van der Waals surface area (Å²) in [4.78, 5) is 0. The van der Waals surface area contributed by atoms with E-state index in [1.807, 2.05) is 6.92 Å². The number of methoxy groups -OCH3 is 3. The summed E-state index contributed by atoms with van der Waals surface area (Å²) in [5.74, 6) is 1.28. The Kier molecular flexibility index (Phi) is 8.18. The van der Waals surface area contributed by atoms with E-state index in [2.05, 4.69) is 91.0 Å². The second kappa shape index (κ2) is 11.5. The Bertz CT molecular complexity index is 1180. The number of hydrogen-bond acceptors (Lipinski definition) is 4. The van der Waals surface area contributed by atoms with Crippen LogP contribution in [-0.2, 0) is 6.42 Å². The minimum atomic E-state index is -1.93. The molecule has 0 aliphatic heterocycles. The average Bonchev–Trinajstić information content (AvgIpc) is 2.94. The number of benzene rings is 4. The molecule has 186 valence electrons. The van der Waals surface area contributed by atoms with Crippen molar-refractivity contribution in [2.24, 2.45) is 0 Å². The number of phenolic OH excluding ortho intramolecular Hbond substituents is 1. The van der Waals surface area contributed by atoms with E-state index < -0.39 is 7.26 Å². The predicted octanol–water partition coefficient (Wildman–Crippen LogP) is 5.65. The fourth-order valence-electron chi connectivity index (χ4n) is 5.16. The van der Waals surface area contributed by atoms with E-state index in [-0.39, 0.29) is 5.75 Å². The maximum absolute atomic E-state index is 10.9. The zero-order chi connectivity index (χ0) is 25.5. The Morgan fingerprint density at radius 2 is 1.03 bits per heavy atom. The van der Waals surface area contributed by atoms with E-state index in [0.717, 1.165) is 30.1 Å². The van der Waals surface area contributed by atoms with Gasteiger partial charge in [0.15, 0.2) is 11.5 Å². The molecule has 4 nitrogen and oxygen atoms in total. The molecule has 5 heteroatoms. The zero-order valence-corrected chi connectivity index (χ0v) is 22.3. The molecule has 0 spiro atoms. The van der Waals surface area contributed by atoms with Gasteiger partial charge in [0.2, 0.25) is 11.5 Å². The summed E-state index contributed by atoms with van der Waals surface area (Å²) in [5.41, 5.74) is 1.87. The van der Waals surface area contributed by atoms with Crippen LogP contribution in [0.15, 0.2) is 91.0 Å². The SMILES string of the molecule is COc1c(O)c(OC)c(OC)c(C)c1CCC[P+](c1ccccc1)(c1ccccc1)c1ccccc1. The Labute approximate surface area is 214 Å². The zero-order valence-electron chi connectivity index (χ0n) is 21.4. The van der Waals surface area contributed by atoms with Crippen molar-refractivity contribution in [3.8, 4) is 23.0 Å². The van der Waals surface area contributed by atoms with Crippen molar-refractivity contribution in [2.75, 3.05) is 27.5 Å². The van der Waals surface area contributed by atoms with Crippen LogP contribution >= 0.6 is 7.26 Å². The second-order valence-corrected chi connectivity index (χ2v) is 12.3. The van der Waals surface area contributed by atoms with Crippen LogP contribution in [0.2, 0.25) is 0 Å². The van der Waals surface area contributed by atoms with Gasteiger partial charge >= 0.3 is 0 Å². The molecule has 0 saturated heterocycles. The van der Waals surface area contributed by atoms with E-state index in [0.29, 0.717) is 17.2 Å². The van der Waals surface area contributed by atoms with Gasteiger partial charge in [-0.3, -0.25) is 0 Å². The van der Waals surface area contributed by atoms with Crippen molar-refractivity contribution in [1.82, 2.24) is 0 Å². The van der Waals surface area contributed by atoms with Gasteiger partial charge in [-0.05, 0) is 56.2 Å². The molecule has 0 saturated carbocycles. The van der Waals surface area contributed by atoms with Crippen LogP contribution < -0.4 is 30.1 Å². The number of rotatable bonds is 10. The van der Waals surface area contributed by atoms with Crippen LogP contribution in [0.3, 0.4) is 0 Å². The summed E-state index contributed by atoms with van der Waals surface area (Å²) < 4.78 is 16.7. The largest absolute Gasteiger partial charge is 0.502 e. The van der Waals surface area contributed by atoms with Crippen LogP contribution in [0.1, 0.15) is 17.5 Å². The van der Waals surface area contributed by atoms with Gasteiger partial charge in [-0.15, -0.1) is 0 Å². The van der Waals surface area contributed by atoms with Crippen LogP contribution in [0, 0.1) is 6.92 Å². The first-order valence-electron chi connectivity index (χ1n) is 12.1. The summed E-state index contributed by atoms with van der Waals surface area (Å²) in [6.07, 6.45) is 2.61. The molecule has 4 rings (SSSR count). The van der Waals surface area contributed by atoms with Gasteiger partial charge < -0.3 is 19.3 Å².